The van der Waals surface area contributed by atoms with Gasteiger partial charge in [-0.1, -0.05) is 12.1 Å². The minimum absolute atomic E-state index is 0.116. The van der Waals surface area contributed by atoms with Gasteiger partial charge in [0.2, 0.25) is 11.8 Å². The second-order valence-electron chi connectivity index (χ2n) is 5.36. The molecule has 2 amide bonds. The van der Waals surface area contributed by atoms with E-state index in [2.05, 4.69) is 10.6 Å². The van der Waals surface area contributed by atoms with Gasteiger partial charge in [-0.15, -0.1) is 0 Å². The maximum absolute atomic E-state index is 12.6. The average Bonchev–Trinajstić information content (AvgIpc) is 2.68. The fraction of sp³-hybridized carbons (Fsp3) is 0.375. The number of rotatable bonds is 3. The van der Waals surface area contributed by atoms with Gasteiger partial charge in [-0.25, -0.2) is 0 Å². The van der Waals surface area contributed by atoms with Gasteiger partial charge < -0.3 is 10.6 Å². The van der Waals surface area contributed by atoms with Crippen LogP contribution in [0.5, 0.6) is 0 Å². The van der Waals surface area contributed by atoms with Gasteiger partial charge in [0.25, 0.3) is 0 Å². The van der Waals surface area contributed by atoms with Crippen molar-refractivity contribution in [3.05, 3.63) is 41.5 Å². The molecule has 1 atom stereocenters. The summed E-state index contributed by atoms with van der Waals surface area (Å²) in [5, 5.41) is 5.41. The molecular formula is C16H17F3N2O2. The number of halogens is 3. The fourth-order valence-electron chi connectivity index (χ4n) is 2.34. The first-order chi connectivity index (χ1) is 10.8. The van der Waals surface area contributed by atoms with Crippen LogP contribution in [0.25, 0.3) is 6.08 Å². The highest BCUT2D eigenvalue weighted by Gasteiger charge is 2.30. The van der Waals surface area contributed by atoms with Crippen LogP contribution in [0.2, 0.25) is 0 Å². The Morgan fingerprint density at radius 1 is 1.35 bits per heavy atom. The number of carbonyl (C=O) groups is 2. The van der Waals surface area contributed by atoms with Crippen LogP contribution in [0.15, 0.2) is 30.3 Å². The van der Waals surface area contributed by atoms with Crippen LogP contribution in [-0.2, 0) is 15.8 Å². The van der Waals surface area contributed by atoms with Crippen LogP contribution in [0, 0.1) is 0 Å². The van der Waals surface area contributed by atoms with E-state index in [1.54, 1.807) is 0 Å². The Bertz CT molecular complexity index is 612. The Hall–Kier alpha value is -2.31. The van der Waals surface area contributed by atoms with Crippen molar-refractivity contribution in [3.8, 4) is 0 Å². The van der Waals surface area contributed by atoms with Crippen molar-refractivity contribution in [2.45, 2.75) is 31.5 Å². The Morgan fingerprint density at radius 2 is 2.13 bits per heavy atom. The standard InChI is InChI=1S/C16H17F3N2O2/c17-16(18,19)12-4-1-3-11(9-12)6-7-14(22)21-13-5-2-8-20-15(23)10-13/h1,3-4,6-7,9,13H,2,5,8,10H2,(H,20,23)(H,21,22). The minimum atomic E-state index is -4.42. The van der Waals surface area contributed by atoms with Crippen molar-refractivity contribution in [2.75, 3.05) is 6.54 Å². The lowest BCUT2D eigenvalue weighted by molar-refractivity contribution is -0.137. The number of amides is 2. The summed E-state index contributed by atoms with van der Waals surface area (Å²) in [7, 11) is 0. The quantitative estimate of drug-likeness (QED) is 0.839. The smallest absolute Gasteiger partial charge is 0.356 e. The topological polar surface area (TPSA) is 58.2 Å². The maximum Gasteiger partial charge on any atom is 0.416 e. The van der Waals surface area contributed by atoms with E-state index < -0.39 is 17.6 Å². The molecule has 4 nitrogen and oxygen atoms in total. The molecule has 1 aromatic carbocycles. The number of carbonyl (C=O) groups excluding carboxylic acids is 2. The summed E-state index contributed by atoms with van der Waals surface area (Å²) in [6.07, 6.45) is -0.251. The summed E-state index contributed by atoms with van der Waals surface area (Å²) >= 11 is 0. The highest BCUT2D eigenvalue weighted by molar-refractivity contribution is 5.92. The fourth-order valence-corrected chi connectivity index (χ4v) is 2.34. The molecule has 7 heteroatoms. The lowest BCUT2D eigenvalue weighted by Gasteiger charge is -2.13. The lowest BCUT2D eigenvalue weighted by Crippen LogP contribution is -2.35. The predicted molar refractivity (Wildman–Crippen MR) is 79.3 cm³/mol. The van der Waals surface area contributed by atoms with Crippen LogP contribution in [-0.4, -0.2) is 24.4 Å². The third-order valence-electron chi connectivity index (χ3n) is 3.47. The van der Waals surface area contributed by atoms with Crippen LogP contribution in [0.3, 0.4) is 0 Å². The van der Waals surface area contributed by atoms with Crippen LogP contribution in [0.1, 0.15) is 30.4 Å². The Balaban J connectivity index is 1.97. The second-order valence-corrected chi connectivity index (χ2v) is 5.36. The van der Waals surface area contributed by atoms with Gasteiger partial charge in [0.15, 0.2) is 0 Å². The van der Waals surface area contributed by atoms with Gasteiger partial charge in [0.05, 0.1) is 5.56 Å². The van der Waals surface area contributed by atoms with Gasteiger partial charge in [-0.05, 0) is 36.6 Å². The van der Waals surface area contributed by atoms with E-state index in [1.165, 1.54) is 24.3 Å². The molecule has 1 heterocycles. The Kier molecular flexibility index (Phi) is 5.41. The summed E-state index contributed by atoms with van der Waals surface area (Å²) < 4.78 is 37.8. The van der Waals surface area contributed by atoms with E-state index in [4.69, 9.17) is 0 Å². The molecule has 1 aromatic rings. The maximum atomic E-state index is 12.6. The Labute approximate surface area is 131 Å². The molecule has 2 N–H and O–H groups in total. The van der Waals surface area contributed by atoms with Gasteiger partial charge in [-0.3, -0.25) is 9.59 Å². The van der Waals surface area contributed by atoms with Crippen molar-refractivity contribution in [1.82, 2.24) is 10.6 Å². The van der Waals surface area contributed by atoms with E-state index in [0.29, 0.717) is 13.0 Å². The van der Waals surface area contributed by atoms with Gasteiger partial charge in [-0.2, -0.15) is 13.2 Å². The molecule has 0 radical (unpaired) electrons. The summed E-state index contributed by atoms with van der Waals surface area (Å²) in [5.41, 5.74) is -0.478. The van der Waals surface area contributed by atoms with E-state index >= 15 is 0 Å². The average molecular weight is 326 g/mol. The zero-order valence-electron chi connectivity index (χ0n) is 12.3. The second kappa shape index (κ2) is 7.30. The van der Waals surface area contributed by atoms with Crippen LogP contribution >= 0.6 is 0 Å². The van der Waals surface area contributed by atoms with Crippen LogP contribution < -0.4 is 10.6 Å². The number of benzene rings is 1. The van der Waals surface area contributed by atoms with Gasteiger partial charge in [0.1, 0.15) is 0 Å². The molecule has 0 spiro atoms. The first-order valence-electron chi connectivity index (χ1n) is 7.27. The first-order valence-corrected chi connectivity index (χ1v) is 7.27. The van der Waals surface area contributed by atoms with E-state index in [0.717, 1.165) is 18.6 Å². The third kappa shape index (κ3) is 5.43. The van der Waals surface area contributed by atoms with Crippen molar-refractivity contribution in [1.29, 1.82) is 0 Å². The molecule has 1 aliphatic heterocycles. The lowest BCUT2D eigenvalue weighted by atomic mass is 10.1. The molecule has 124 valence electrons. The molecule has 2 rings (SSSR count). The molecule has 1 aliphatic rings. The zero-order valence-corrected chi connectivity index (χ0v) is 12.3. The summed E-state index contributed by atoms with van der Waals surface area (Å²) in [5.74, 6) is -0.545. The minimum Gasteiger partial charge on any atom is -0.356 e. The van der Waals surface area contributed by atoms with Crippen molar-refractivity contribution in [3.63, 3.8) is 0 Å². The SMILES string of the molecule is O=C(C=Cc1cccc(C(F)(F)F)c1)NC1CCCNC(=O)C1. The van der Waals surface area contributed by atoms with Gasteiger partial charge >= 0.3 is 6.18 Å². The number of alkyl halides is 3. The predicted octanol–water partition coefficient (Wildman–Crippen LogP) is 2.50. The first kappa shape index (κ1) is 17.1. The molecule has 1 fully saturated rings. The van der Waals surface area contributed by atoms with E-state index in [9.17, 15) is 22.8 Å². The summed E-state index contributed by atoms with van der Waals surface area (Å²) in [6.45, 7) is 0.589. The largest absolute Gasteiger partial charge is 0.416 e. The molecule has 0 aliphatic carbocycles. The number of nitrogens with one attached hydrogen (secondary N) is 2. The molecular weight excluding hydrogens is 309 g/mol. The summed E-state index contributed by atoms with van der Waals surface area (Å²) in [4.78, 5) is 23.2. The van der Waals surface area contributed by atoms with E-state index in [-0.39, 0.29) is 23.9 Å². The summed E-state index contributed by atoms with van der Waals surface area (Å²) in [6, 6.07) is 4.47. The molecule has 1 saturated heterocycles. The van der Waals surface area contributed by atoms with E-state index in [1.807, 2.05) is 0 Å². The molecule has 23 heavy (non-hydrogen) atoms. The highest BCUT2D eigenvalue weighted by atomic mass is 19.4. The Morgan fingerprint density at radius 3 is 2.87 bits per heavy atom. The van der Waals surface area contributed by atoms with Crippen molar-refractivity contribution >= 4 is 17.9 Å². The molecule has 0 aromatic heterocycles. The molecule has 0 saturated carbocycles. The monoisotopic (exact) mass is 326 g/mol. The number of hydrogen-bond donors (Lipinski definition) is 2. The normalized spacial score (nSPS) is 19.3. The highest BCUT2D eigenvalue weighted by Crippen LogP contribution is 2.29. The van der Waals surface area contributed by atoms with Crippen LogP contribution in [0.4, 0.5) is 13.2 Å². The van der Waals surface area contributed by atoms with Crippen molar-refractivity contribution in [2.24, 2.45) is 0 Å². The molecule has 1 unspecified atom stereocenters. The number of hydrogen-bond acceptors (Lipinski definition) is 2. The third-order valence-corrected chi connectivity index (χ3v) is 3.47. The van der Waals surface area contributed by atoms with Crippen molar-refractivity contribution < 1.29 is 22.8 Å². The van der Waals surface area contributed by atoms with Gasteiger partial charge in [0, 0.05) is 25.1 Å². The molecule has 0 bridgehead atoms. The zero-order chi connectivity index (χ0) is 16.9.